The Morgan fingerprint density at radius 3 is 2.20 bits per heavy atom. The molecule has 0 radical (unpaired) electrons. The Kier molecular flexibility index (Phi) is 4.59. The summed E-state index contributed by atoms with van der Waals surface area (Å²) in [6, 6.07) is 0.0931. The van der Waals surface area contributed by atoms with Crippen LogP contribution in [-0.2, 0) is 9.84 Å². The maximum Gasteiger partial charge on any atom is 0.154 e. The summed E-state index contributed by atoms with van der Waals surface area (Å²) in [4.78, 5) is 0. The van der Waals surface area contributed by atoms with Gasteiger partial charge in [0.1, 0.15) is 0 Å². The fraction of sp³-hybridized carbons (Fsp3) is 1.00. The molecule has 0 spiro atoms. The Hall–Kier alpha value is -0.0900. The lowest BCUT2D eigenvalue weighted by Gasteiger charge is -2.22. The molecule has 1 aliphatic carbocycles. The fourth-order valence-corrected chi connectivity index (χ4v) is 4.62. The lowest BCUT2D eigenvalue weighted by Crippen LogP contribution is -2.40. The van der Waals surface area contributed by atoms with E-state index in [4.69, 9.17) is 0 Å². The number of hydrogen-bond acceptors (Lipinski definition) is 3. The Morgan fingerprint density at radius 1 is 1.27 bits per heavy atom. The molecule has 0 aromatic rings. The molecule has 1 unspecified atom stereocenters. The highest BCUT2D eigenvalue weighted by Crippen LogP contribution is 2.26. The number of sulfone groups is 1. The van der Waals surface area contributed by atoms with E-state index in [1.54, 1.807) is 0 Å². The van der Waals surface area contributed by atoms with Gasteiger partial charge in [-0.25, -0.2) is 8.42 Å². The van der Waals surface area contributed by atoms with Crippen LogP contribution in [0.25, 0.3) is 0 Å². The summed E-state index contributed by atoms with van der Waals surface area (Å²) in [7, 11) is -1.04. The molecule has 15 heavy (non-hydrogen) atoms. The summed E-state index contributed by atoms with van der Waals surface area (Å²) in [5, 5.41) is 3.04. The van der Waals surface area contributed by atoms with Gasteiger partial charge >= 0.3 is 0 Å². The first-order chi connectivity index (χ1) is 6.97. The van der Waals surface area contributed by atoms with Crippen LogP contribution in [0.5, 0.6) is 0 Å². The zero-order valence-electron chi connectivity index (χ0n) is 9.99. The van der Waals surface area contributed by atoms with E-state index < -0.39 is 9.84 Å². The minimum Gasteiger partial charge on any atom is -0.316 e. The summed E-state index contributed by atoms with van der Waals surface area (Å²) in [6.07, 6.45) is 3.90. The normalized spacial score (nSPS) is 21.1. The van der Waals surface area contributed by atoms with Crippen LogP contribution in [0.4, 0.5) is 0 Å². The standard InChI is InChI=1S/C11H23NO2S/c1-9(2)11(12-3)8-15(13,14)10-6-4-5-7-10/h9-12H,4-8H2,1-3H3. The van der Waals surface area contributed by atoms with Crippen molar-refractivity contribution >= 4 is 9.84 Å². The lowest BCUT2D eigenvalue weighted by molar-refractivity contribution is 0.452. The summed E-state index contributed by atoms with van der Waals surface area (Å²) in [6.45, 7) is 4.12. The van der Waals surface area contributed by atoms with E-state index in [0.29, 0.717) is 11.7 Å². The van der Waals surface area contributed by atoms with Crippen LogP contribution in [0, 0.1) is 5.92 Å². The topological polar surface area (TPSA) is 46.2 Å². The molecule has 1 rings (SSSR count). The molecule has 1 aliphatic rings. The molecule has 4 heteroatoms. The van der Waals surface area contributed by atoms with E-state index in [2.05, 4.69) is 19.2 Å². The molecule has 1 N–H and O–H groups in total. The molecule has 1 atom stereocenters. The molecule has 90 valence electrons. The van der Waals surface area contributed by atoms with Crippen LogP contribution < -0.4 is 5.32 Å². The Morgan fingerprint density at radius 2 is 1.80 bits per heavy atom. The van der Waals surface area contributed by atoms with Gasteiger partial charge in [0.15, 0.2) is 9.84 Å². The van der Waals surface area contributed by atoms with E-state index >= 15 is 0 Å². The third-order valence-corrected chi connectivity index (χ3v) is 5.71. The van der Waals surface area contributed by atoms with Crippen molar-refractivity contribution in [2.75, 3.05) is 12.8 Å². The minimum atomic E-state index is -2.88. The van der Waals surface area contributed by atoms with E-state index in [1.165, 1.54) is 0 Å². The van der Waals surface area contributed by atoms with Crippen LogP contribution in [0.3, 0.4) is 0 Å². The number of nitrogens with one attached hydrogen (secondary N) is 1. The predicted octanol–water partition coefficient (Wildman–Crippen LogP) is 1.59. The average molecular weight is 233 g/mol. The van der Waals surface area contributed by atoms with E-state index in [1.807, 2.05) is 7.05 Å². The van der Waals surface area contributed by atoms with Crippen LogP contribution in [0.1, 0.15) is 39.5 Å². The Bertz CT molecular complexity index is 279. The number of rotatable bonds is 5. The molecule has 0 heterocycles. The van der Waals surface area contributed by atoms with E-state index in [9.17, 15) is 8.42 Å². The number of hydrogen-bond donors (Lipinski definition) is 1. The Labute approximate surface area is 93.6 Å². The lowest BCUT2D eigenvalue weighted by atomic mass is 10.1. The molecule has 1 fully saturated rings. The molecule has 0 saturated heterocycles. The van der Waals surface area contributed by atoms with Gasteiger partial charge in [-0.3, -0.25) is 0 Å². The fourth-order valence-electron chi connectivity index (χ4n) is 2.24. The molecule has 0 amide bonds. The predicted molar refractivity (Wildman–Crippen MR) is 63.7 cm³/mol. The van der Waals surface area contributed by atoms with Crippen molar-refractivity contribution in [3.63, 3.8) is 0 Å². The van der Waals surface area contributed by atoms with Crippen molar-refractivity contribution in [1.82, 2.24) is 5.32 Å². The summed E-state index contributed by atoms with van der Waals surface area (Å²) >= 11 is 0. The van der Waals surface area contributed by atoms with Gasteiger partial charge in [0, 0.05) is 6.04 Å². The molecule has 0 aromatic heterocycles. The minimum absolute atomic E-state index is 0.0629. The van der Waals surface area contributed by atoms with Crippen molar-refractivity contribution < 1.29 is 8.42 Å². The van der Waals surface area contributed by atoms with Crippen molar-refractivity contribution in [2.45, 2.75) is 50.8 Å². The van der Waals surface area contributed by atoms with Gasteiger partial charge in [-0.05, 0) is 25.8 Å². The van der Waals surface area contributed by atoms with Crippen LogP contribution >= 0.6 is 0 Å². The smallest absolute Gasteiger partial charge is 0.154 e. The van der Waals surface area contributed by atoms with Crippen molar-refractivity contribution in [3.05, 3.63) is 0 Å². The maximum absolute atomic E-state index is 12.1. The van der Waals surface area contributed by atoms with Gasteiger partial charge in [0.05, 0.1) is 11.0 Å². The third-order valence-electron chi connectivity index (χ3n) is 3.40. The summed E-state index contributed by atoms with van der Waals surface area (Å²) in [5.41, 5.74) is 0. The van der Waals surface area contributed by atoms with E-state index in [0.717, 1.165) is 25.7 Å². The van der Waals surface area contributed by atoms with Crippen LogP contribution in [0.15, 0.2) is 0 Å². The molecule has 0 aromatic carbocycles. The molecular weight excluding hydrogens is 210 g/mol. The quantitative estimate of drug-likeness (QED) is 0.784. The first kappa shape index (κ1) is 13.0. The van der Waals surface area contributed by atoms with Crippen molar-refractivity contribution in [1.29, 1.82) is 0 Å². The SMILES string of the molecule is CNC(CS(=O)(=O)C1CCCC1)C(C)C. The van der Waals surface area contributed by atoms with Gasteiger partial charge in [0.2, 0.25) is 0 Å². The molecule has 0 aliphatic heterocycles. The van der Waals surface area contributed by atoms with Gasteiger partial charge in [-0.2, -0.15) is 0 Å². The van der Waals surface area contributed by atoms with Crippen molar-refractivity contribution in [2.24, 2.45) is 5.92 Å². The third kappa shape index (κ3) is 3.45. The zero-order valence-corrected chi connectivity index (χ0v) is 10.8. The van der Waals surface area contributed by atoms with Crippen LogP contribution in [0.2, 0.25) is 0 Å². The second-order valence-electron chi connectivity index (χ2n) is 4.88. The summed E-state index contributed by atoms with van der Waals surface area (Å²) in [5.74, 6) is 0.664. The largest absolute Gasteiger partial charge is 0.316 e. The molecule has 3 nitrogen and oxygen atoms in total. The van der Waals surface area contributed by atoms with Gasteiger partial charge in [-0.15, -0.1) is 0 Å². The molecule has 1 saturated carbocycles. The average Bonchev–Trinajstić information content (AvgIpc) is 2.67. The summed E-state index contributed by atoms with van der Waals surface area (Å²) < 4.78 is 24.1. The highest BCUT2D eigenvalue weighted by molar-refractivity contribution is 7.92. The van der Waals surface area contributed by atoms with Gasteiger partial charge in [0.25, 0.3) is 0 Å². The van der Waals surface area contributed by atoms with Gasteiger partial charge in [-0.1, -0.05) is 26.7 Å². The second-order valence-corrected chi connectivity index (χ2v) is 7.20. The Balaban J connectivity index is 2.61. The first-order valence-corrected chi connectivity index (χ1v) is 7.57. The van der Waals surface area contributed by atoms with Gasteiger partial charge < -0.3 is 5.32 Å². The maximum atomic E-state index is 12.1. The second kappa shape index (κ2) is 5.30. The zero-order chi connectivity index (χ0) is 11.5. The highest BCUT2D eigenvalue weighted by Gasteiger charge is 2.31. The van der Waals surface area contributed by atoms with Crippen molar-refractivity contribution in [3.8, 4) is 0 Å². The molecule has 0 bridgehead atoms. The van der Waals surface area contributed by atoms with E-state index in [-0.39, 0.29) is 11.3 Å². The first-order valence-electron chi connectivity index (χ1n) is 5.86. The monoisotopic (exact) mass is 233 g/mol. The van der Waals surface area contributed by atoms with Crippen LogP contribution in [-0.4, -0.2) is 32.5 Å². The molecular formula is C11H23NO2S. The highest BCUT2D eigenvalue weighted by atomic mass is 32.2.